The Labute approximate surface area is 170 Å². The number of hydrogen-bond acceptors (Lipinski definition) is 3. The van der Waals surface area contributed by atoms with Gasteiger partial charge in [0.1, 0.15) is 0 Å². The van der Waals surface area contributed by atoms with E-state index in [1.54, 1.807) is 24.3 Å². The van der Waals surface area contributed by atoms with Gasteiger partial charge in [-0.25, -0.2) is 4.79 Å². The Morgan fingerprint density at radius 2 is 1.69 bits per heavy atom. The van der Waals surface area contributed by atoms with Crippen molar-refractivity contribution in [3.8, 4) is 0 Å². The van der Waals surface area contributed by atoms with Crippen LogP contribution >= 0.6 is 0 Å². The van der Waals surface area contributed by atoms with E-state index in [1.165, 1.54) is 4.90 Å². The van der Waals surface area contributed by atoms with Gasteiger partial charge in [0.15, 0.2) is 0 Å². The minimum Gasteiger partial charge on any atom is -0.348 e. The van der Waals surface area contributed by atoms with Gasteiger partial charge in [0.25, 0.3) is 5.91 Å². The molecular formula is C23H25N3O3. The van der Waals surface area contributed by atoms with Crippen molar-refractivity contribution >= 4 is 17.8 Å². The number of carbonyl (C=O) groups is 3. The molecule has 0 spiro atoms. The zero-order chi connectivity index (χ0) is 20.2. The maximum absolute atomic E-state index is 12.8. The van der Waals surface area contributed by atoms with Crippen LogP contribution in [0, 0.1) is 5.92 Å². The van der Waals surface area contributed by atoms with Gasteiger partial charge >= 0.3 is 6.03 Å². The molecule has 0 radical (unpaired) electrons. The first-order chi connectivity index (χ1) is 14.1. The van der Waals surface area contributed by atoms with E-state index in [0.717, 1.165) is 36.8 Å². The Morgan fingerprint density at radius 3 is 2.45 bits per heavy atom. The van der Waals surface area contributed by atoms with Gasteiger partial charge in [0, 0.05) is 18.2 Å². The van der Waals surface area contributed by atoms with Gasteiger partial charge in [-0.3, -0.25) is 14.5 Å². The number of fused-ring (bicyclic) bond motifs is 1. The highest BCUT2D eigenvalue weighted by Gasteiger charge is 2.41. The summed E-state index contributed by atoms with van der Waals surface area (Å²) >= 11 is 0. The zero-order valence-corrected chi connectivity index (χ0v) is 16.3. The Bertz CT molecular complexity index is 895. The molecule has 2 fully saturated rings. The van der Waals surface area contributed by atoms with Gasteiger partial charge in [-0.15, -0.1) is 0 Å². The summed E-state index contributed by atoms with van der Waals surface area (Å²) in [4.78, 5) is 38.8. The van der Waals surface area contributed by atoms with Crippen molar-refractivity contribution in [3.63, 3.8) is 0 Å². The van der Waals surface area contributed by atoms with Crippen LogP contribution in [0.25, 0.3) is 0 Å². The molecule has 2 aromatic rings. The fourth-order valence-corrected chi connectivity index (χ4v) is 4.11. The summed E-state index contributed by atoms with van der Waals surface area (Å²) in [7, 11) is 0. The molecule has 2 N–H and O–H groups in total. The predicted octanol–water partition coefficient (Wildman–Crippen LogP) is 3.23. The second kappa shape index (κ2) is 8.47. The molecule has 0 bridgehead atoms. The summed E-state index contributed by atoms with van der Waals surface area (Å²) in [6, 6.07) is 16.4. The van der Waals surface area contributed by atoms with E-state index in [4.69, 9.17) is 0 Å². The highest BCUT2D eigenvalue weighted by Crippen LogP contribution is 2.29. The average Bonchev–Trinajstić information content (AvgIpc) is 2.76. The summed E-state index contributed by atoms with van der Waals surface area (Å²) in [5.74, 6) is -0.343. The Kier molecular flexibility index (Phi) is 5.60. The monoisotopic (exact) mass is 391 g/mol. The molecule has 4 amide bonds. The number of imide groups is 1. The first kappa shape index (κ1) is 19.2. The summed E-state index contributed by atoms with van der Waals surface area (Å²) in [6.45, 7) is 0.687. The fraction of sp³-hybridized carbons (Fsp3) is 0.348. The number of carbonyl (C=O) groups excluding carboxylic acids is 3. The molecule has 1 aliphatic heterocycles. The number of hydrogen-bond donors (Lipinski definition) is 2. The van der Waals surface area contributed by atoms with Gasteiger partial charge in [0.2, 0.25) is 5.91 Å². The highest BCUT2D eigenvalue weighted by atomic mass is 16.2. The minimum absolute atomic E-state index is 0.0179. The van der Waals surface area contributed by atoms with Crippen LogP contribution in [0.4, 0.5) is 4.79 Å². The third-order valence-electron chi connectivity index (χ3n) is 5.76. The molecule has 2 aromatic carbocycles. The second-order valence-electron chi connectivity index (χ2n) is 7.74. The lowest BCUT2D eigenvalue weighted by Crippen LogP contribution is -2.60. The van der Waals surface area contributed by atoms with E-state index in [0.29, 0.717) is 12.1 Å². The molecule has 2 atom stereocenters. The number of benzene rings is 2. The van der Waals surface area contributed by atoms with Crippen LogP contribution in [0.5, 0.6) is 0 Å². The van der Waals surface area contributed by atoms with Crippen molar-refractivity contribution in [2.45, 2.75) is 44.8 Å². The molecule has 2 unspecified atom stereocenters. The lowest BCUT2D eigenvalue weighted by atomic mass is 9.82. The van der Waals surface area contributed by atoms with Gasteiger partial charge in [-0.2, -0.15) is 0 Å². The highest BCUT2D eigenvalue weighted by molar-refractivity contribution is 5.98. The average molecular weight is 391 g/mol. The largest absolute Gasteiger partial charge is 0.348 e. The molecule has 2 aliphatic rings. The van der Waals surface area contributed by atoms with Crippen molar-refractivity contribution in [2.24, 2.45) is 5.92 Å². The number of amides is 4. The molecule has 0 aromatic heterocycles. The number of rotatable bonds is 5. The molecular weight excluding hydrogens is 366 g/mol. The van der Waals surface area contributed by atoms with Crippen molar-refractivity contribution < 1.29 is 14.4 Å². The maximum atomic E-state index is 12.8. The Morgan fingerprint density at radius 1 is 0.966 bits per heavy atom. The molecule has 6 heteroatoms. The third kappa shape index (κ3) is 4.31. The summed E-state index contributed by atoms with van der Waals surface area (Å²) in [5, 5.41) is 5.88. The summed E-state index contributed by atoms with van der Waals surface area (Å²) in [5.41, 5.74) is 2.40. The fourth-order valence-electron chi connectivity index (χ4n) is 4.11. The minimum atomic E-state index is -0.317. The number of nitrogens with one attached hydrogen (secondary N) is 2. The van der Waals surface area contributed by atoms with Crippen LogP contribution in [0.3, 0.4) is 0 Å². The third-order valence-corrected chi connectivity index (χ3v) is 5.76. The van der Waals surface area contributed by atoms with Gasteiger partial charge in [-0.05, 0) is 36.1 Å². The van der Waals surface area contributed by atoms with Crippen molar-refractivity contribution in [2.75, 3.05) is 0 Å². The molecule has 1 heterocycles. The van der Waals surface area contributed by atoms with Crippen LogP contribution in [-0.4, -0.2) is 28.8 Å². The van der Waals surface area contributed by atoms with Crippen LogP contribution in [0.1, 0.15) is 47.2 Å². The standard InChI is InChI=1S/C23H25N3O3/c27-21(24-14-16-6-2-1-3-7-16)18-12-10-17(11-13-18)15-26-22(28)19-8-4-5-9-20(19)25-23(26)29/h1-3,6-7,10-13,19-20H,4-5,8-9,14-15H2,(H,24,27)(H,25,29). The van der Waals surface area contributed by atoms with Crippen LogP contribution < -0.4 is 10.6 Å². The SMILES string of the molecule is O=C(NCc1ccccc1)c1ccc(CN2C(=O)NC3CCCCC3C2=O)cc1. The normalized spacial score (nSPS) is 21.3. The quantitative estimate of drug-likeness (QED) is 0.821. The molecule has 4 rings (SSSR count). The van der Waals surface area contributed by atoms with E-state index in [-0.39, 0.29) is 36.3 Å². The second-order valence-corrected chi connectivity index (χ2v) is 7.74. The lowest BCUT2D eigenvalue weighted by molar-refractivity contribution is -0.137. The molecule has 6 nitrogen and oxygen atoms in total. The first-order valence-corrected chi connectivity index (χ1v) is 10.1. The zero-order valence-electron chi connectivity index (χ0n) is 16.3. The summed E-state index contributed by atoms with van der Waals surface area (Å²) in [6.07, 6.45) is 3.80. The van der Waals surface area contributed by atoms with E-state index in [9.17, 15) is 14.4 Å². The molecule has 29 heavy (non-hydrogen) atoms. The number of nitrogens with zero attached hydrogens (tertiary/aromatic N) is 1. The molecule has 1 saturated heterocycles. The van der Waals surface area contributed by atoms with E-state index >= 15 is 0 Å². The molecule has 150 valence electrons. The van der Waals surface area contributed by atoms with Crippen molar-refractivity contribution in [1.29, 1.82) is 0 Å². The maximum Gasteiger partial charge on any atom is 0.324 e. The van der Waals surface area contributed by atoms with E-state index in [2.05, 4.69) is 10.6 Å². The van der Waals surface area contributed by atoms with E-state index < -0.39 is 0 Å². The predicted molar refractivity (Wildman–Crippen MR) is 109 cm³/mol. The lowest BCUT2D eigenvalue weighted by Gasteiger charge is -2.40. The van der Waals surface area contributed by atoms with E-state index in [1.807, 2.05) is 30.3 Å². The van der Waals surface area contributed by atoms with Crippen molar-refractivity contribution in [3.05, 3.63) is 71.3 Å². The van der Waals surface area contributed by atoms with Gasteiger partial charge in [0.05, 0.1) is 12.5 Å². The smallest absolute Gasteiger partial charge is 0.324 e. The Hall–Kier alpha value is -3.15. The van der Waals surface area contributed by atoms with Crippen molar-refractivity contribution in [1.82, 2.24) is 15.5 Å². The molecule has 1 saturated carbocycles. The van der Waals surface area contributed by atoms with Crippen LogP contribution in [0.2, 0.25) is 0 Å². The Balaban J connectivity index is 1.37. The molecule has 1 aliphatic carbocycles. The number of urea groups is 1. The van der Waals surface area contributed by atoms with Crippen LogP contribution in [-0.2, 0) is 17.9 Å². The van der Waals surface area contributed by atoms with Crippen LogP contribution in [0.15, 0.2) is 54.6 Å². The summed E-state index contributed by atoms with van der Waals surface area (Å²) < 4.78 is 0. The van der Waals surface area contributed by atoms with Gasteiger partial charge < -0.3 is 10.6 Å². The first-order valence-electron chi connectivity index (χ1n) is 10.1. The van der Waals surface area contributed by atoms with Gasteiger partial charge in [-0.1, -0.05) is 55.3 Å². The topological polar surface area (TPSA) is 78.5 Å².